The summed E-state index contributed by atoms with van der Waals surface area (Å²) in [5, 5.41) is 20.6. The van der Waals surface area contributed by atoms with Crippen molar-refractivity contribution in [3.63, 3.8) is 0 Å². The van der Waals surface area contributed by atoms with Crippen LogP contribution in [0.25, 0.3) is 0 Å². The Kier molecular flexibility index (Phi) is 5.87. The van der Waals surface area contributed by atoms with Crippen molar-refractivity contribution in [2.24, 2.45) is 0 Å². The molecular weight excluding hydrogens is 479 g/mol. The van der Waals surface area contributed by atoms with Crippen molar-refractivity contribution in [1.29, 1.82) is 0 Å². The van der Waals surface area contributed by atoms with E-state index in [1.165, 1.54) is 6.07 Å². The molecule has 0 aliphatic carbocycles. The van der Waals surface area contributed by atoms with Crippen LogP contribution in [0.4, 0.5) is 5.69 Å². The molecule has 1 saturated heterocycles. The summed E-state index contributed by atoms with van der Waals surface area (Å²) >= 11 is 0.781. The minimum atomic E-state index is -0.664. The van der Waals surface area contributed by atoms with Crippen LogP contribution in [0.15, 0.2) is 18.2 Å². The van der Waals surface area contributed by atoms with Gasteiger partial charge in [-0.15, -0.1) is 0 Å². The third-order valence-corrected chi connectivity index (χ3v) is 5.65. The summed E-state index contributed by atoms with van der Waals surface area (Å²) in [4.78, 5) is 24.9. The number of nitrogens with zero attached hydrogens (tertiary/aromatic N) is 3. The number of nitro groups is 1. The summed E-state index contributed by atoms with van der Waals surface area (Å²) in [5.74, 6) is -0.162. The summed E-state index contributed by atoms with van der Waals surface area (Å²) < 4.78 is 2.30. The number of amides is 1. The van der Waals surface area contributed by atoms with Crippen LogP contribution in [0, 0.1) is 10.1 Å². The molecule has 0 bridgehead atoms. The molecule has 1 aliphatic heterocycles. The van der Waals surface area contributed by atoms with E-state index in [1.807, 2.05) is 0 Å². The second-order valence-corrected chi connectivity index (χ2v) is 8.32. The van der Waals surface area contributed by atoms with Crippen LogP contribution in [-0.4, -0.2) is 81.9 Å². The van der Waals surface area contributed by atoms with Crippen LogP contribution in [0.1, 0.15) is 22.8 Å². The molecular formula is C14H18N3O4Tl. The number of rotatable bonds is 4. The van der Waals surface area contributed by atoms with Gasteiger partial charge in [0.25, 0.3) is 0 Å². The molecule has 0 aromatic heterocycles. The number of hydrogen-bond donors (Lipinski definition) is 1. The molecule has 8 heteroatoms. The molecule has 1 amide bonds. The Bertz CT molecular complexity index is 571. The number of aliphatic hydroxyl groups excluding tert-OH is 1. The van der Waals surface area contributed by atoms with Gasteiger partial charge in [0.15, 0.2) is 0 Å². The molecule has 1 atom stereocenters. The van der Waals surface area contributed by atoms with E-state index in [4.69, 9.17) is 0 Å². The van der Waals surface area contributed by atoms with Gasteiger partial charge in [0.1, 0.15) is 0 Å². The van der Waals surface area contributed by atoms with Gasteiger partial charge in [-0.3, -0.25) is 0 Å². The van der Waals surface area contributed by atoms with Crippen LogP contribution in [-0.2, 0) is 6.42 Å². The maximum atomic E-state index is 12.5. The normalized spacial score (nSPS) is 17.2. The molecule has 0 spiro atoms. The second kappa shape index (κ2) is 7.47. The van der Waals surface area contributed by atoms with Gasteiger partial charge in [-0.2, -0.15) is 0 Å². The first-order valence-electron chi connectivity index (χ1n) is 7.12. The Balaban J connectivity index is 2.22. The maximum absolute atomic E-state index is 12.5. The van der Waals surface area contributed by atoms with Gasteiger partial charge in [0, 0.05) is 0 Å². The number of benzene rings is 1. The number of nitro benzene ring substituents is 1. The Labute approximate surface area is 145 Å². The summed E-state index contributed by atoms with van der Waals surface area (Å²) in [6, 6.07) is 4.51. The van der Waals surface area contributed by atoms with Crippen LogP contribution in [0.5, 0.6) is 0 Å². The standard InChI is InChI=1S/C14H18N3O4.Tl/c1-10(18)8-11-2-3-12(9-13(11)17(20)21)14(19)16-6-4-15-5-7-16;/h2-3,9-10,18H,4-8H2,1H3;/q-1;+1. The first kappa shape index (κ1) is 17.3. The molecule has 1 heterocycles. The third-order valence-electron chi connectivity index (χ3n) is 3.65. The number of aliphatic hydroxyl groups is 1. The zero-order valence-corrected chi connectivity index (χ0v) is 16.9. The van der Waals surface area contributed by atoms with E-state index >= 15 is 0 Å². The average molecular weight is 497 g/mol. The molecule has 1 unspecified atom stereocenters. The van der Waals surface area contributed by atoms with E-state index in [-0.39, 0.29) is 18.0 Å². The van der Waals surface area contributed by atoms with Crippen molar-refractivity contribution in [3.8, 4) is 0 Å². The van der Waals surface area contributed by atoms with Crippen LogP contribution >= 0.6 is 0 Å². The zero-order valence-electron chi connectivity index (χ0n) is 12.4. The van der Waals surface area contributed by atoms with Gasteiger partial charge in [-0.1, -0.05) is 0 Å². The minimum absolute atomic E-state index is 0.102. The molecule has 0 saturated carbocycles. The number of carbonyl (C=O) groups is 1. The molecule has 22 heavy (non-hydrogen) atoms. The van der Waals surface area contributed by atoms with Gasteiger partial charge in [0.05, 0.1) is 0 Å². The van der Waals surface area contributed by atoms with Crippen LogP contribution < -0.4 is 0 Å². The molecule has 1 fully saturated rings. The van der Waals surface area contributed by atoms with E-state index < -0.39 is 11.0 Å². The monoisotopic (exact) mass is 497 g/mol. The molecule has 1 N–H and O–H groups in total. The van der Waals surface area contributed by atoms with Crippen molar-refractivity contribution in [1.82, 2.24) is 7.61 Å². The number of carbonyl (C=O) groups excluding carboxylic acids is 1. The van der Waals surface area contributed by atoms with Crippen molar-refractivity contribution >= 4 is 37.7 Å². The summed E-state index contributed by atoms with van der Waals surface area (Å²) in [6.45, 7) is 4.66. The predicted octanol–water partition coefficient (Wildman–Crippen LogP) is 0.359. The van der Waals surface area contributed by atoms with Gasteiger partial charge >= 0.3 is 145 Å². The summed E-state index contributed by atoms with van der Waals surface area (Å²) in [7, 11) is 0. The number of piperazine rings is 1. The molecule has 1 aromatic rings. The second-order valence-electron chi connectivity index (χ2n) is 5.48. The quantitative estimate of drug-likeness (QED) is 0.370. The van der Waals surface area contributed by atoms with Crippen molar-refractivity contribution in [2.75, 3.05) is 26.2 Å². The summed E-state index contributed by atoms with van der Waals surface area (Å²) in [5.41, 5.74) is 0.683. The van der Waals surface area contributed by atoms with Gasteiger partial charge in [-0.25, -0.2) is 0 Å². The fourth-order valence-electron chi connectivity index (χ4n) is 2.47. The predicted molar refractivity (Wildman–Crippen MR) is 81.7 cm³/mol. The van der Waals surface area contributed by atoms with E-state index in [2.05, 4.69) is 2.71 Å². The van der Waals surface area contributed by atoms with Crippen LogP contribution in [0.3, 0.4) is 0 Å². The van der Waals surface area contributed by atoms with Gasteiger partial charge in [0.2, 0.25) is 0 Å². The average Bonchev–Trinajstić information content (AvgIpc) is 2.47. The summed E-state index contributed by atoms with van der Waals surface area (Å²) in [6.07, 6.45) is -0.465. The molecule has 0 radical (unpaired) electrons. The van der Waals surface area contributed by atoms with Crippen molar-refractivity contribution in [3.05, 3.63) is 39.4 Å². The first-order chi connectivity index (χ1) is 10.4. The fraction of sp³-hybridized carbons (Fsp3) is 0.500. The fourth-order valence-corrected chi connectivity index (χ4v) is 3.36. The van der Waals surface area contributed by atoms with Crippen LogP contribution in [0.2, 0.25) is 0 Å². The Hall–Kier alpha value is -1.07. The molecule has 1 aliphatic rings. The molecule has 116 valence electrons. The Morgan fingerprint density at radius 2 is 2.05 bits per heavy atom. The zero-order chi connectivity index (χ0) is 16.3. The topological polar surface area (TPSA) is 86.9 Å². The van der Waals surface area contributed by atoms with Gasteiger partial charge in [-0.05, 0) is 0 Å². The third kappa shape index (κ3) is 4.23. The molecule has 1 aromatic carbocycles. The van der Waals surface area contributed by atoms with Crippen molar-refractivity contribution in [2.45, 2.75) is 19.4 Å². The SMILES string of the molecule is CC(O)Cc1ccc(C(=O)N2CC[N]([Tl])CC2)cc1[N+](=O)[O-]. The van der Waals surface area contributed by atoms with Crippen molar-refractivity contribution < 1.29 is 14.8 Å². The Morgan fingerprint density at radius 1 is 1.41 bits per heavy atom. The van der Waals surface area contributed by atoms with E-state index in [9.17, 15) is 20.0 Å². The molecule has 2 rings (SSSR count). The van der Waals surface area contributed by atoms with E-state index in [0.29, 0.717) is 24.2 Å². The van der Waals surface area contributed by atoms with Gasteiger partial charge < -0.3 is 0 Å². The van der Waals surface area contributed by atoms with E-state index in [1.54, 1.807) is 24.0 Å². The molecule has 7 nitrogen and oxygen atoms in total. The van der Waals surface area contributed by atoms with E-state index in [0.717, 1.165) is 39.2 Å². The first-order valence-corrected chi connectivity index (χ1v) is 9.13. The number of hydrogen-bond acceptors (Lipinski definition) is 5. The Morgan fingerprint density at radius 3 is 2.59 bits per heavy atom.